The van der Waals surface area contributed by atoms with Gasteiger partial charge >= 0.3 is 0 Å². The molecule has 1 aromatic carbocycles. The van der Waals surface area contributed by atoms with Crippen LogP contribution in [-0.2, 0) is 15.1 Å². The predicted octanol–water partition coefficient (Wildman–Crippen LogP) is 2.13. The number of anilines is 1. The number of furan rings is 1. The fourth-order valence-electron chi connectivity index (χ4n) is 3.43. The molecule has 0 atom stereocenters. The lowest BCUT2D eigenvalue weighted by molar-refractivity contribution is -0.129. The van der Waals surface area contributed by atoms with Crippen LogP contribution in [0.25, 0.3) is 11.5 Å². The molecule has 2 heterocycles. The van der Waals surface area contributed by atoms with Crippen molar-refractivity contribution in [1.82, 2.24) is 20.4 Å². The Morgan fingerprint density at radius 3 is 2.40 bits per heavy atom. The van der Waals surface area contributed by atoms with E-state index in [9.17, 15) is 19.2 Å². The number of nitrogens with one attached hydrogen (secondary N) is 3. The van der Waals surface area contributed by atoms with Gasteiger partial charge in [0.1, 0.15) is 11.2 Å². The van der Waals surface area contributed by atoms with Crippen LogP contribution in [0.4, 0.5) is 5.69 Å². The van der Waals surface area contributed by atoms with Crippen LogP contribution in [0, 0.1) is 5.92 Å². The highest BCUT2D eigenvalue weighted by Gasteiger charge is 2.32. The molecule has 3 aromatic rings. The van der Waals surface area contributed by atoms with E-state index >= 15 is 0 Å². The van der Waals surface area contributed by atoms with Gasteiger partial charge in [0.25, 0.3) is 11.5 Å². The van der Waals surface area contributed by atoms with Crippen LogP contribution in [0.15, 0.2) is 64.0 Å². The molecule has 0 bridgehead atoms. The maximum Gasteiger partial charge on any atom is 0.267 e. The third kappa shape index (κ3) is 5.65. The number of carbonyl (C=O) groups is 3. The topological polar surface area (TPSA) is 135 Å². The zero-order chi connectivity index (χ0) is 25.0. The van der Waals surface area contributed by atoms with Crippen molar-refractivity contribution in [2.45, 2.75) is 32.2 Å². The average molecular weight is 478 g/mol. The lowest BCUT2D eigenvalue weighted by Gasteiger charge is -2.25. The molecule has 1 saturated carbocycles. The normalized spacial score (nSPS) is 13.2. The van der Waals surface area contributed by atoms with E-state index in [1.807, 2.05) is 0 Å². The molecule has 1 aliphatic carbocycles. The number of benzene rings is 1. The minimum absolute atomic E-state index is 0.00558. The Kier molecular flexibility index (Phi) is 6.81. The summed E-state index contributed by atoms with van der Waals surface area (Å²) in [5, 5.41) is 12.6. The maximum atomic E-state index is 12.8. The van der Waals surface area contributed by atoms with E-state index in [4.69, 9.17) is 4.42 Å². The lowest BCUT2D eigenvalue weighted by Crippen LogP contribution is -2.50. The van der Waals surface area contributed by atoms with Crippen molar-refractivity contribution in [1.29, 1.82) is 0 Å². The van der Waals surface area contributed by atoms with Crippen LogP contribution in [-0.4, -0.2) is 40.6 Å². The second kappa shape index (κ2) is 9.96. The third-order valence-corrected chi connectivity index (χ3v) is 5.72. The zero-order valence-electron chi connectivity index (χ0n) is 19.5. The monoisotopic (exact) mass is 477 g/mol. The van der Waals surface area contributed by atoms with Gasteiger partial charge in [-0.25, -0.2) is 4.68 Å². The summed E-state index contributed by atoms with van der Waals surface area (Å²) in [6, 6.07) is 12.9. The summed E-state index contributed by atoms with van der Waals surface area (Å²) in [6.45, 7) is 3.53. The summed E-state index contributed by atoms with van der Waals surface area (Å²) >= 11 is 0. The van der Waals surface area contributed by atoms with Crippen LogP contribution in [0.5, 0.6) is 0 Å². The van der Waals surface area contributed by atoms with Gasteiger partial charge in [0.05, 0.1) is 6.26 Å². The Hall–Kier alpha value is -4.21. The van der Waals surface area contributed by atoms with Gasteiger partial charge in [0.15, 0.2) is 5.76 Å². The Balaban J connectivity index is 1.28. The highest BCUT2D eigenvalue weighted by molar-refractivity contribution is 5.96. The number of aromatic nitrogens is 2. The Morgan fingerprint density at radius 1 is 1.03 bits per heavy atom. The number of nitrogens with zero attached hydrogens (tertiary/aromatic N) is 2. The lowest BCUT2D eigenvalue weighted by atomic mass is 10.0. The van der Waals surface area contributed by atoms with E-state index in [-0.39, 0.29) is 30.8 Å². The summed E-state index contributed by atoms with van der Waals surface area (Å²) < 4.78 is 6.44. The zero-order valence-corrected chi connectivity index (χ0v) is 19.5. The van der Waals surface area contributed by atoms with E-state index in [2.05, 4.69) is 21.0 Å². The fraction of sp³-hybridized carbons (Fsp3) is 0.320. The minimum atomic E-state index is -1.27. The minimum Gasteiger partial charge on any atom is -0.463 e. The second-order valence-electron chi connectivity index (χ2n) is 8.86. The molecule has 10 nitrogen and oxygen atoms in total. The average Bonchev–Trinajstić information content (AvgIpc) is 3.56. The molecule has 0 unspecified atom stereocenters. The molecule has 0 radical (unpaired) electrons. The van der Waals surface area contributed by atoms with E-state index in [1.165, 1.54) is 18.4 Å². The van der Waals surface area contributed by atoms with Crippen molar-refractivity contribution in [2.24, 2.45) is 5.92 Å². The first-order chi connectivity index (χ1) is 16.8. The molecule has 0 saturated heterocycles. The Bertz CT molecular complexity index is 1270. The van der Waals surface area contributed by atoms with Gasteiger partial charge in [-0.2, -0.15) is 5.10 Å². The van der Waals surface area contributed by atoms with Crippen LogP contribution in [0.3, 0.4) is 0 Å². The first-order valence-electron chi connectivity index (χ1n) is 11.4. The van der Waals surface area contributed by atoms with Gasteiger partial charge in [-0.05, 0) is 69.2 Å². The van der Waals surface area contributed by atoms with Crippen LogP contribution in [0.2, 0.25) is 0 Å². The van der Waals surface area contributed by atoms with Crippen molar-refractivity contribution in [3.05, 3.63) is 70.7 Å². The van der Waals surface area contributed by atoms with E-state index in [0.717, 1.165) is 17.5 Å². The number of amides is 3. The molecule has 3 N–H and O–H groups in total. The summed E-state index contributed by atoms with van der Waals surface area (Å²) in [4.78, 5) is 49.4. The first kappa shape index (κ1) is 23.9. The summed E-state index contributed by atoms with van der Waals surface area (Å²) in [5.74, 6) is -0.133. The fourth-order valence-corrected chi connectivity index (χ4v) is 3.43. The van der Waals surface area contributed by atoms with E-state index in [1.54, 1.807) is 50.2 Å². The SMILES string of the molecule is CC(C)(C(=O)NCCNC(=O)c1ccc(NC(=O)C2CC2)cc1)n1nc(-c2ccco2)ccc1=O. The molecule has 1 fully saturated rings. The van der Waals surface area contributed by atoms with E-state index < -0.39 is 17.0 Å². The van der Waals surface area contributed by atoms with Gasteiger partial charge in [-0.15, -0.1) is 0 Å². The number of rotatable bonds is 9. The van der Waals surface area contributed by atoms with E-state index in [0.29, 0.717) is 22.7 Å². The second-order valence-corrected chi connectivity index (χ2v) is 8.86. The largest absolute Gasteiger partial charge is 0.463 e. The molecule has 35 heavy (non-hydrogen) atoms. The molecule has 182 valence electrons. The van der Waals surface area contributed by atoms with Crippen molar-refractivity contribution in [3.8, 4) is 11.5 Å². The molecular weight excluding hydrogens is 450 g/mol. The third-order valence-electron chi connectivity index (χ3n) is 5.72. The van der Waals surface area contributed by atoms with Crippen LogP contribution in [0.1, 0.15) is 37.0 Å². The van der Waals surface area contributed by atoms with Gasteiger partial charge in [-0.1, -0.05) is 0 Å². The number of hydrogen-bond donors (Lipinski definition) is 3. The first-order valence-corrected chi connectivity index (χ1v) is 11.4. The van der Waals surface area contributed by atoms with Crippen molar-refractivity contribution >= 4 is 23.4 Å². The Labute approximate surface area is 201 Å². The summed E-state index contributed by atoms with van der Waals surface area (Å²) in [6.07, 6.45) is 3.34. The summed E-state index contributed by atoms with van der Waals surface area (Å²) in [5.41, 5.74) is -0.185. The smallest absolute Gasteiger partial charge is 0.267 e. The molecule has 1 aliphatic rings. The van der Waals surface area contributed by atoms with Crippen LogP contribution < -0.4 is 21.5 Å². The molecule has 3 amide bonds. The maximum absolute atomic E-state index is 12.8. The van der Waals surface area contributed by atoms with Crippen molar-refractivity contribution in [3.63, 3.8) is 0 Å². The van der Waals surface area contributed by atoms with Gasteiger partial charge in [0, 0.05) is 36.3 Å². The summed E-state index contributed by atoms with van der Waals surface area (Å²) in [7, 11) is 0. The predicted molar refractivity (Wildman–Crippen MR) is 129 cm³/mol. The molecule has 0 aliphatic heterocycles. The van der Waals surface area contributed by atoms with Gasteiger partial charge < -0.3 is 20.4 Å². The Morgan fingerprint density at radius 2 is 1.74 bits per heavy atom. The molecule has 10 heteroatoms. The highest BCUT2D eigenvalue weighted by Crippen LogP contribution is 2.30. The van der Waals surface area contributed by atoms with Gasteiger partial charge in [-0.3, -0.25) is 19.2 Å². The van der Waals surface area contributed by atoms with Crippen LogP contribution >= 0.6 is 0 Å². The molecule has 2 aromatic heterocycles. The van der Waals surface area contributed by atoms with Crippen molar-refractivity contribution < 1.29 is 18.8 Å². The highest BCUT2D eigenvalue weighted by atomic mass is 16.3. The molecule has 0 spiro atoms. The number of hydrogen-bond acceptors (Lipinski definition) is 6. The quantitative estimate of drug-likeness (QED) is 0.404. The molecule has 4 rings (SSSR count). The molecular formula is C25H27N5O5. The number of carbonyl (C=O) groups excluding carboxylic acids is 3. The van der Waals surface area contributed by atoms with Crippen molar-refractivity contribution in [2.75, 3.05) is 18.4 Å². The van der Waals surface area contributed by atoms with Gasteiger partial charge in [0.2, 0.25) is 11.8 Å². The standard InChI is InChI=1S/C25H27N5O5/c1-25(2,30-21(31)12-11-19(29-30)20-4-3-15-35-20)24(34)27-14-13-26-22(32)16-7-9-18(10-8-16)28-23(33)17-5-6-17/h3-4,7-12,15,17H,5-6,13-14H2,1-2H3,(H,26,32)(H,27,34)(H,28,33).